The van der Waals surface area contributed by atoms with Crippen LogP contribution in [0.5, 0.6) is 0 Å². The van der Waals surface area contributed by atoms with Gasteiger partial charge in [0.25, 0.3) is 0 Å². The molecule has 0 aliphatic rings. The average molecular weight is 174 g/mol. The Kier molecular flexibility index (Phi) is 6.00. The number of nitrogens with one attached hydrogen (secondary N) is 1. The Hall–Kier alpha value is -1.10. The van der Waals surface area contributed by atoms with Crippen LogP contribution in [0.3, 0.4) is 0 Å². The van der Waals surface area contributed by atoms with Gasteiger partial charge in [0.2, 0.25) is 6.41 Å². The van der Waals surface area contributed by atoms with Gasteiger partial charge in [0.1, 0.15) is 6.04 Å². The van der Waals surface area contributed by atoms with Crippen LogP contribution in [0.2, 0.25) is 0 Å². The average Bonchev–Trinajstić information content (AvgIpc) is 2.03. The van der Waals surface area contributed by atoms with E-state index in [1.807, 2.05) is 0 Å². The molecule has 5 heteroatoms. The second-order valence-electron chi connectivity index (χ2n) is 2.51. The van der Waals surface area contributed by atoms with Gasteiger partial charge in [-0.25, -0.2) is 0 Å². The van der Waals surface area contributed by atoms with Crippen molar-refractivity contribution in [1.29, 1.82) is 0 Å². The lowest BCUT2D eigenvalue weighted by molar-refractivity contribution is -0.138. The molecule has 5 nitrogen and oxygen atoms in total. The van der Waals surface area contributed by atoms with E-state index in [2.05, 4.69) is 5.32 Å². The zero-order chi connectivity index (χ0) is 9.40. The Morgan fingerprint density at radius 1 is 1.58 bits per heavy atom. The largest absolute Gasteiger partial charge is 0.480 e. The van der Waals surface area contributed by atoms with Crippen LogP contribution < -0.4 is 11.1 Å². The van der Waals surface area contributed by atoms with Crippen molar-refractivity contribution in [2.24, 2.45) is 5.73 Å². The molecule has 12 heavy (non-hydrogen) atoms. The van der Waals surface area contributed by atoms with Crippen molar-refractivity contribution in [2.75, 3.05) is 6.54 Å². The second kappa shape index (κ2) is 6.60. The summed E-state index contributed by atoms with van der Waals surface area (Å²) in [7, 11) is 0. The highest BCUT2D eigenvalue weighted by Gasteiger charge is 2.09. The Morgan fingerprint density at radius 3 is 2.75 bits per heavy atom. The summed E-state index contributed by atoms with van der Waals surface area (Å²) < 4.78 is 0. The summed E-state index contributed by atoms with van der Waals surface area (Å²) in [5.74, 6) is -0.974. The van der Waals surface area contributed by atoms with Gasteiger partial charge in [-0.05, 0) is 19.3 Å². The maximum Gasteiger partial charge on any atom is 0.320 e. The van der Waals surface area contributed by atoms with Crippen LogP contribution in [0.1, 0.15) is 19.3 Å². The van der Waals surface area contributed by atoms with Gasteiger partial charge in [-0.1, -0.05) is 0 Å². The van der Waals surface area contributed by atoms with Gasteiger partial charge in [-0.15, -0.1) is 0 Å². The molecular weight excluding hydrogens is 160 g/mol. The van der Waals surface area contributed by atoms with Crippen LogP contribution in [0.25, 0.3) is 0 Å². The summed E-state index contributed by atoms with van der Waals surface area (Å²) in [4.78, 5) is 20.0. The molecule has 0 aliphatic heterocycles. The fourth-order valence-electron chi connectivity index (χ4n) is 0.774. The first-order chi connectivity index (χ1) is 5.68. The Labute approximate surface area is 70.9 Å². The number of carbonyl (C=O) groups is 2. The number of carbonyl (C=O) groups excluding carboxylic acids is 1. The van der Waals surface area contributed by atoms with Crippen molar-refractivity contribution in [2.45, 2.75) is 25.3 Å². The lowest BCUT2D eigenvalue weighted by atomic mass is 10.1. The Morgan fingerprint density at radius 2 is 2.25 bits per heavy atom. The molecule has 0 saturated carbocycles. The summed E-state index contributed by atoms with van der Waals surface area (Å²) in [5.41, 5.74) is 5.24. The van der Waals surface area contributed by atoms with Crippen LogP contribution >= 0.6 is 0 Å². The molecule has 4 N–H and O–H groups in total. The maximum absolute atomic E-state index is 10.2. The number of carboxylic acids is 1. The fraction of sp³-hybridized carbons (Fsp3) is 0.714. The number of amides is 1. The summed E-state index contributed by atoms with van der Waals surface area (Å²) in [6.07, 6.45) is 2.56. The molecule has 0 aromatic heterocycles. The molecule has 0 spiro atoms. The Balaban J connectivity index is 3.19. The minimum Gasteiger partial charge on any atom is -0.480 e. The molecule has 0 fully saturated rings. The smallest absolute Gasteiger partial charge is 0.320 e. The molecule has 0 aromatic carbocycles. The number of carboxylic acid groups (broad SMARTS) is 1. The van der Waals surface area contributed by atoms with E-state index in [-0.39, 0.29) is 0 Å². The summed E-state index contributed by atoms with van der Waals surface area (Å²) in [6, 6.07) is -0.777. The zero-order valence-electron chi connectivity index (χ0n) is 6.82. The van der Waals surface area contributed by atoms with Crippen LogP contribution in [-0.2, 0) is 9.59 Å². The predicted molar refractivity (Wildman–Crippen MR) is 43.5 cm³/mol. The van der Waals surface area contributed by atoms with E-state index in [9.17, 15) is 9.59 Å². The van der Waals surface area contributed by atoms with Gasteiger partial charge >= 0.3 is 5.97 Å². The lowest BCUT2D eigenvalue weighted by Gasteiger charge is -2.04. The maximum atomic E-state index is 10.2. The van der Waals surface area contributed by atoms with Gasteiger partial charge in [-0.3, -0.25) is 9.59 Å². The van der Waals surface area contributed by atoms with Gasteiger partial charge in [0.05, 0.1) is 0 Å². The van der Waals surface area contributed by atoms with Crippen LogP contribution in [0, 0.1) is 0 Å². The fourth-order valence-corrected chi connectivity index (χ4v) is 0.774. The van der Waals surface area contributed by atoms with Crippen molar-refractivity contribution in [3.05, 3.63) is 0 Å². The van der Waals surface area contributed by atoms with Gasteiger partial charge in [0.15, 0.2) is 0 Å². The van der Waals surface area contributed by atoms with Gasteiger partial charge in [-0.2, -0.15) is 0 Å². The topological polar surface area (TPSA) is 92.4 Å². The monoisotopic (exact) mass is 174 g/mol. The number of aliphatic carboxylic acids is 1. The van der Waals surface area contributed by atoms with Crippen molar-refractivity contribution < 1.29 is 14.7 Å². The van der Waals surface area contributed by atoms with Crippen molar-refractivity contribution >= 4 is 12.4 Å². The third-order valence-corrected chi connectivity index (χ3v) is 1.49. The van der Waals surface area contributed by atoms with Gasteiger partial charge in [0, 0.05) is 6.54 Å². The third-order valence-electron chi connectivity index (χ3n) is 1.49. The standard InChI is InChI=1S/C7H14N2O3/c8-6(7(11)12)3-1-2-4-9-5-10/h5-6H,1-4,8H2,(H,9,10)(H,11,12)/t6-/m1/s1. The summed E-state index contributed by atoms with van der Waals surface area (Å²) >= 11 is 0. The number of nitrogens with two attached hydrogens (primary N) is 1. The minimum absolute atomic E-state index is 0.454. The molecule has 0 unspecified atom stereocenters. The first-order valence-electron chi connectivity index (χ1n) is 3.84. The van der Waals surface area contributed by atoms with E-state index in [0.717, 1.165) is 6.42 Å². The van der Waals surface area contributed by atoms with Crippen LogP contribution in [-0.4, -0.2) is 30.1 Å². The summed E-state index contributed by atoms with van der Waals surface area (Å²) in [5, 5.41) is 10.9. The first-order valence-corrected chi connectivity index (χ1v) is 3.84. The van der Waals surface area contributed by atoms with E-state index in [0.29, 0.717) is 25.8 Å². The molecule has 0 heterocycles. The zero-order valence-corrected chi connectivity index (χ0v) is 6.82. The van der Waals surface area contributed by atoms with Crippen LogP contribution in [0.4, 0.5) is 0 Å². The number of hydrogen-bond donors (Lipinski definition) is 3. The van der Waals surface area contributed by atoms with Crippen LogP contribution in [0.15, 0.2) is 0 Å². The normalized spacial score (nSPS) is 12.1. The molecule has 0 saturated heterocycles. The predicted octanol–water partition coefficient (Wildman–Crippen LogP) is -0.685. The van der Waals surface area contributed by atoms with E-state index < -0.39 is 12.0 Å². The molecule has 0 aliphatic carbocycles. The minimum atomic E-state index is -0.974. The number of rotatable bonds is 7. The van der Waals surface area contributed by atoms with Crippen molar-refractivity contribution in [3.63, 3.8) is 0 Å². The molecule has 70 valence electrons. The highest BCUT2D eigenvalue weighted by atomic mass is 16.4. The third kappa shape index (κ3) is 5.67. The molecule has 0 bridgehead atoms. The highest BCUT2D eigenvalue weighted by molar-refractivity contribution is 5.72. The molecule has 1 atom stereocenters. The highest BCUT2D eigenvalue weighted by Crippen LogP contribution is 1.97. The lowest BCUT2D eigenvalue weighted by Crippen LogP contribution is -2.30. The molecule has 0 radical (unpaired) electrons. The van der Waals surface area contributed by atoms with Crippen molar-refractivity contribution in [3.8, 4) is 0 Å². The van der Waals surface area contributed by atoms with Gasteiger partial charge < -0.3 is 16.2 Å². The van der Waals surface area contributed by atoms with E-state index in [1.54, 1.807) is 0 Å². The number of hydrogen-bond acceptors (Lipinski definition) is 3. The second-order valence-corrected chi connectivity index (χ2v) is 2.51. The molecule has 0 rings (SSSR count). The van der Waals surface area contributed by atoms with Crippen molar-refractivity contribution in [1.82, 2.24) is 5.32 Å². The van der Waals surface area contributed by atoms with E-state index >= 15 is 0 Å². The quantitative estimate of drug-likeness (QED) is 0.352. The van der Waals surface area contributed by atoms with E-state index in [1.165, 1.54) is 0 Å². The Bertz CT molecular complexity index is 150. The van der Waals surface area contributed by atoms with E-state index in [4.69, 9.17) is 10.8 Å². The molecular formula is C7H14N2O3. The summed E-state index contributed by atoms with van der Waals surface area (Å²) in [6.45, 7) is 0.579. The first kappa shape index (κ1) is 10.9. The number of unbranched alkanes of at least 4 members (excludes halogenated alkanes) is 1. The molecule has 1 amide bonds. The SMILES string of the molecule is N[C@H](CCCCNC=O)C(=O)O. The molecule has 0 aromatic rings.